The Balaban J connectivity index is 2.89. The van der Waals surface area contributed by atoms with Crippen LogP contribution in [-0.4, -0.2) is 21.2 Å². The summed E-state index contributed by atoms with van der Waals surface area (Å²) in [5, 5.41) is 14.4. The van der Waals surface area contributed by atoms with Crippen LogP contribution in [0.1, 0.15) is 18.6 Å². The number of rotatable bonds is 2. The molecule has 60 valence electrons. The number of aryl methyl sites for hydroxylation is 1. The van der Waals surface area contributed by atoms with Crippen molar-refractivity contribution in [2.75, 3.05) is 0 Å². The fraction of sp³-hybridized carbons (Fsp3) is 0.400. The molecule has 6 heteroatoms. The van der Waals surface area contributed by atoms with Crippen molar-refractivity contribution in [3.05, 3.63) is 11.7 Å². The molecule has 0 saturated heterocycles. The first-order chi connectivity index (χ1) is 5.27. The summed E-state index contributed by atoms with van der Waals surface area (Å²) >= 11 is 0. The van der Waals surface area contributed by atoms with Crippen molar-refractivity contribution < 1.29 is 9.73 Å². The van der Waals surface area contributed by atoms with Gasteiger partial charge in [-0.05, 0) is 0 Å². The van der Waals surface area contributed by atoms with E-state index in [-0.39, 0.29) is 11.7 Å². The van der Waals surface area contributed by atoms with Crippen LogP contribution < -0.4 is 5.73 Å². The Morgan fingerprint density at radius 1 is 1.82 bits per heavy atom. The Morgan fingerprint density at radius 2 is 2.55 bits per heavy atom. The van der Waals surface area contributed by atoms with Crippen LogP contribution in [-0.2, 0) is 6.42 Å². The van der Waals surface area contributed by atoms with Crippen molar-refractivity contribution in [3.8, 4) is 0 Å². The van der Waals surface area contributed by atoms with Crippen LogP contribution in [0, 0.1) is 0 Å². The quantitative estimate of drug-likeness (QED) is 0.266. The number of amidine groups is 1. The minimum Gasteiger partial charge on any atom is -0.409 e. The van der Waals surface area contributed by atoms with Crippen LogP contribution in [0.5, 0.6) is 0 Å². The Bertz CT molecular complexity index is 267. The molecule has 0 atom stereocenters. The number of hydrogen-bond acceptors (Lipinski definition) is 5. The Labute approximate surface area is 62.7 Å². The maximum atomic E-state index is 8.21. The van der Waals surface area contributed by atoms with E-state index >= 15 is 0 Å². The second kappa shape index (κ2) is 3.00. The topological polar surface area (TPSA) is 97.5 Å². The van der Waals surface area contributed by atoms with E-state index in [1.54, 1.807) is 0 Å². The number of nitrogens with zero attached hydrogens (tertiary/aromatic N) is 3. The van der Waals surface area contributed by atoms with Gasteiger partial charge in [-0.1, -0.05) is 17.2 Å². The molecule has 0 amide bonds. The molecule has 0 unspecified atom stereocenters. The highest BCUT2D eigenvalue weighted by Gasteiger charge is 2.07. The van der Waals surface area contributed by atoms with Crippen molar-refractivity contribution in [1.82, 2.24) is 10.1 Å². The van der Waals surface area contributed by atoms with Gasteiger partial charge in [-0.2, -0.15) is 4.98 Å². The second-order valence-corrected chi connectivity index (χ2v) is 1.85. The molecular weight excluding hydrogens is 148 g/mol. The molecule has 0 aliphatic carbocycles. The van der Waals surface area contributed by atoms with Crippen LogP contribution in [0.25, 0.3) is 0 Å². The molecule has 0 aromatic carbocycles. The zero-order valence-corrected chi connectivity index (χ0v) is 5.98. The van der Waals surface area contributed by atoms with Gasteiger partial charge in [0.25, 0.3) is 0 Å². The van der Waals surface area contributed by atoms with Gasteiger partial charge in [0, 0.05) is 6.42 Å². The molecular formula is C5H8N4O2. The highest BCUT2D eigenvalue weighted by atomic mass is 16.5. The predicted molar refractivity (Wildman–Crippen MR) is 36.2 cm³/mol. The Kier molecular flexibility index (Phi) is 2.05. The molecule has 1 aromatic rings. The number of hydrogen-bond donors (Lipinski definition) is 2. The molecule has 1 rings (SSSR count). The maximum Gasteiger partial charge on any atom is 0.241 e. The van der Waals surface area contributed by atoms with Crippen molar-refractivity contribution in [2.24, 2.45) is 10.9 Å². The van der Waals surface area contributed by atoms with Gasteiger partial charge < -0.3 is 15.5 Å². The molecule has 11 heavy (non-hydrogen) atoms. The average Bonchev–Trinajstić information content (AvgIpc) is 2.50. The fourth-order valence-electron chi connectivity index (χ4n) is 0.547. The van der Waals surface area contributed by atoms with Crippen LogP contribution in [0.4, 0.5) is 0 Å². The van der Waals surface area contributed by atoms with E-state index < -0.39 is 0 Å². The van der Waals surface area contributed by atoms with Crippen molar-refractivity contribution in [1.29, 1.82) is 0 Å². The van der Waals surface area contributed by atoms with Crippen LogP contribution in [0.3, 0.4) is 0 Å². The molecule has 0 aliphatic heterocycles. The largest absolute Gasteiger partial charge is 0.409 e. The molecule has 1 aromatic heterocycles. The number of aromatic nitrogens is 2. The van der Waals surface area contributed by atoms with Crippen molar-refractivity contribution >= 4 is 5.84 Å². The molecule has 0 radical (unpaired) electrons. The monoisotopic (exact) mass is 156 g/mol. The highest BCUT2D eigenvalue weighted by molar-refractivity contribution is 5.93. The third-order valence-electron chi connectivity index (χ3n) is 1.11. The average molecular weight is 156 g/mol. The Hall–Kier alpha value is -1.59. The van der Waals surface area contributed by atoms with Gasteiger partial charge in [-0.3, -0.25) is 0 Å². The fourth-order valence-corrected chi connectivity index (χ4v) is 0.547. The molecule has 0 fully saturated rings. The summed E-state index contributed by atoms with van der Waals surface area (Å²) in [5.74, 6) is 0.435. The number of nitrogens with two attached hydrogens (primary N) is 1. The molecule has 0 aliphatic rings. The van der Waals surface area contributed by atoms with E-state index in [9.17, 15) is 0 Å². The summed E-state index contributed by atoms with van der Waals surface area (Å²) in [6.07, 6.45) is 0.631. The lowest BCUT2D eigenvalue weighted by molar-refractivity contribution is 0.317. The summed E-state index contributed by atoms with van der Waals surface area (Å²) in [6, 6.07) is 0. The molecule has 0 bridgehead atoms. The van der Waals surface area contributed by atoms with Gasteiger partial charge in [0.05, 0.1) is 0 Å². The zero-order valence-electron chi connectivity index (χ0n) is 5.98. The van der Waals surface area contributed by atoms with E-state index in [1.165, 1.54) is 0 Å². The minimum absolute atomic E-state index is 0.115. The summed E-state index contributed by atoms with van der Waals surface area (Å²) in [7, 11) is 0. The maximum absolute atomic E-state index is 8.21. The lowest BCUT2D eigenvalue weighted by Gasteiger charge is -1.84. The lowest BCUT2D eigenvalue weighted by Crippen LogP contribution is -2.14. The summed E-state index contributed by atoms with van der Waals surface area (Å²) in [5.41, 5.74) is 5.18. The van der Waals surface area contributed by atoms with Gasteiger partial charge in [0.15, 0.2) is 0 Å². The standard InChI is InChI=1S/C5H8N4O2/c1-2-3-7-5(9-11-3)4(6)8-10/h10H,2H2,1H3,(H2,6,8). The van der Waals surface area contributed by atoms with Crippen LogP contribution in [0.15, 0.2) is 9.68 Å². The third kappa shape index (κ3) is 1.46. The Morgan fingerprint density at radius 3 is 3.00 bits per heavy atom. The van der Waals surface area contributed by atoms with Crippen molar-refractivity contribution in [2.45, 2.75) is 13.3 Å². The first-order valence-electron chi connectivity index (χ1n) is 3.08. The molecule has 6 nitrogen and oxygen atoms in total. The molecule has 0 spiro atoms. The van der Waals surface area contributed by atoms with E-state index in [0.717, 1.165) is 0 Å². The van der Waals surface area contributed by atoms with Crippen molar-refractivity contribution in [3.63, 3.8) is 0 Å². The van der Waals surface area contributed by atoms with Crippen LogP contribution in [0.2, 0.25) is 0 Å². The first-order valence-corrected chi connectivity index (χ1v) is 3.08. The normalized spacial score (nSPS) is 11.9. The predicted octanol–water partition coefficient (Wildman–Crippen LogP) is -0.274. The molecule has 0 saturated carbocycles. The third-order valence-corrected chi connectivity index (χ3v) is 1.11. The van der Waals surface area contributed by atoms with Gasteiger partial charge in [-0.25, -0.2) is 0 Å². The van der Waals surface area contributed by atoms with Crippen LogP contribution >= 0.6 is 0 Å². The van der Waals surface area contributed by atoms with Gasteiger partial charge >= 0.3 is 0 Å². The highest BCUT2D eigenvalue weighted by Crippen LogP contribution is 1.96. The minimum atomic E-state index is -0.145. The molecule has 1 heterocycles. The first kappa shape index (κ1) is 7.52. The smallest absolute Gasteiger partial charge is 0.241 e. The summed E-state index contributed by atoms with van der Waals surface area (Å²) in [6.45, 7) is 1.86. The van der Waals surface area contributed by atoms with E-state index in [0.29, 0.717) is 12.3 Å². The summed E-state index contributed by atoms with van der Waals surface area (Å²) in [4.78, 5) is 3.81. The lowest BCUT2D eigenvalue weighted by atomic mass is 10.5. The second-order valence-electron chi connectivity index (χ2n) is 1.85. The van der Waals surface area contributed by atoms with E-state index in [4.69, 9.17) is 15.5 Å². The van der Waals surface area contributed by atoms with Gasteiger partial charge in [0.1, 0.15) is 0 Å². The zero-order chi connectivity index (χ0) is 8.27. The van der Waals surface area contributed by atoms with E-state index in [1.807, 2.05) is 6.92 Å². The van der Waals surface area contributed by atoms with Gasteiger partial charge in [0.2, 0.25) is 17.6 Å². The summed E-state index contributed by atoms with van der Waals surface area (Å²) < 4.78 is 4.70. The van der Waals surface area contributed by atoms with Gasteiger partial charge in [-0.15, -0.1) is 0 Å². The number of oxime groups is 1. The van der Waals surface area contributed by atoms with E-state index in [2.05, 4.69) is 15.3 Å². The SMILES string of the molecule is CCc1nc(C(N)=NO)no1. The molecule has 3 N–H and O–H groups in total.